The van der Waals surface area contributed by atoms with E-state index in [1.54, 1.807) is 7.05 Å². The number of likely N-dealkylation sites (tertiary alicyclic amines) is 1. The summed E-state index contributed by atoms with van der Waals surface area (Å²) in [5, 5.41) is 6.02. The maximum absolute atomic E-state index is 12.1. The molecule has 0 radical (unpaired) electrons. The normalized spacial score (nSPS) is 24.5. The number of amides is 2. The van der Waals surface area contributed by atoms with Crippen molar-refractivity contribution >= 4 is 11.8 Å². The predicted octanol–water partition coefficient (Wildman–Crippen LogP) is 0.503. The molecule has 1 heterocycles. The fraction of sp³-hybridized carbons (Fsp3) is 0.857. The molecular weight excluding hydrogens is 242 g/mol. The minimum absolute atomic E-state index is 0.0332. The van der Waals surface area contributed by atoms with Crippen LogP contribution >= 0.6 is 0 Å². The molecule has 0 bridgehead atoms. The van der Waals surface area contributed by atoms with Crippen LogP contribution in [0.4, 0.5) is 0 Å². The van der Waals surface area contributed by atoms with Gasteiger partial charge in [-0.1, -0.05) is 12.8 Å². The monoisotopic (exact) mass is 267 g/mol. The first-order chi connectivity index (χ1) is 9.20. The first kappa shape index (κ1) is 14.3. The van der Waals surface area contributed by atoms with E-state index in [1.807, 2.05) is 4.90 Å². The Balaban J connectivity index is 1.76. The first-order valence-electron chi connectivity index (χ1n) is 7.43. The van der Waals surface area contributed by atoms with Crippen molar-refractivity contribution < 1.29 is 9.59 Å². The zero-order valence-electron chi connectivity index (χ0n) is 11.8. The molecule has 5 nitrogen and oxygen atoms in total. The van der Waals surface area contributed by atoms with Crippen molar-refractivity contribution in [3.63, 3.8) is 0 Å². The Kier molecular flexibility index (Phi) is 5.19. The largest absolute Gasteiger partial charge is 0.359 e. The van der Waals surface area contributed by atoms with Crippen molar-refractivity contribution in [3.8, 4) is 0 Å². The third-order valence-corrected chi connectivity index (χ3v) is 4.29. The Labute approximate surface area is 115 Å². The summed E-state index contributed by atoms with van der Waals surface area (Å²) in [6.45, 7) is 1.79. The standard InChI is InChI=1S/C14H25N3O2/c1-15-14(19)11-5-4-8-17(10-11)13(18)9-16-12-6-2-3-7-12/h11-12,16H,2-10H2,1H3,(H,15,19). The van der Waals surface area contributed by atoms with Crippen LogP contribution in [0, 0.1) is 5.92 Å². The summed E-state index contributed by atoms with van der Waals surface area (Å²) in [4.78, 5) is 25.6. The molecule has 1 aliphatic carbocycles. The SMILES string of the molecule is CNC(=O)C1CCCN(C(=O)CNC2CCCC2)C1. The predicted molar refractivity (Wildman–Crippen MR) is 73.6 cm³/mol. The van der Waals surface area contributed by atoms with E-state index in [1.165, 1.54) is 25.7 Å². The van der Waals surface area contributed by atoms with Crippen LogP contribution in [-0.4, -0.2) is 49.4 Å². The highest BCUT2D eigenvalue weighted by Gasteiger charge is 2.28. The second-order valence-corrected chi connectivity index (χ2v) is 5.66. The molecule has 19 heavy (non-hydrogen) atoms. The topological polar surface area (TPSA) is 61.4 Å². The maximum Gasteiger partial charge on any atom is 0.236 e. The van der Waals surface area contributed by atoms with Gasteiger partial charge in [-0.2, -0.15) is 0 Å². The fourth-order valence-corrected chi connectivity index (χ4v) is 3.10. The number of piperidine rings is 1. The van der Waals surface area contributed by atoms with Crippen LogP contribution in [-0.2, 0) is 9.59 Å². The van der Waals surface area contributed by atoms with Crippen LogP contribution in [0.25, 0.3) is 0 Å². The van der Waals surface area contributed by atoms with Crippen LogP contribution in [0.5, 0.6) is 0 Å². The van der Waals surface area contributed by atoms with Crippen molar-refractivity contribution in [2.45, 2.75) is 44.6 Å². The molecule has 2 aliphatic rings. The number of carbonyl (C=O) groups excluding carboxylic acids is 2. The zero-order valence-corrected chi connectivity index (χ0v) is 11.8. The highest BCUT2D eigenvalue weighted by atomic mass is 16.2. The lowest BCUT2D eigenvalue weighted by Gasteiger charge is -2.32. The molecule has 0 aromatic heterocycles. The summed E-state index contributed by atoms with van der Waals surface area (Å²) >= 11 is 0. The quantitative estimate of drug-likeness (QED) is 0.780. The maximum atomic E-state index is 12.1. The highest BCUT2D eigenvalue weighted by Crippen LogP contribution is 2.18. The lowest BCUT2D eigenvalue weighted by molar-refractivity contribution is -0.134. The van der Waals surface area contributed by atoms with Crippen LogP contribution < -0.4 is 10.6 Å². The Morgan fingerprint density at radius 3 is 2.58 bits per heavy atom. The second kappa shape index (κ2) is 6.89. The van der Waals surface area contributed by atoms with E-state index in [4.69, 9.17) is 0 Å². The number of nitrogens with zero attached hydrogens (tertiary/aromatic N) is 1. The van der Waals surface area contributed by atoms with Crippen LogP contribution in [0.15, 0.2) is 0 Å². The van der Waals surface area contributed by atoms with Crippen molar-refractivity contribution in [3.05, 3.63) is 0 Å². The molecule has 2 rings (SSSR count). The van der Waals surface area contributed by atoms with Gasteiger partial charge in [0.15, 0.2) is 0 Å². The van der Waals surface area contributed by atoms with Crippen LogP contribution in [0.2, 0.25) is 0 Å². The molecule has 5 heteroatoms. The Morgan fingerprint density at radius 1 is 1.16 bits per heavy atom. The van der Waals surface area contributed by atoms with Crippen LogP contribution in [0.3, 0.4) is 0 Å². The summed E-state index contributed by atoms with van der Waals surface area (Å²) < 4.78 is 0. The molecule has 2 amide bonds. The molecule has 108 valence electrons. The lowest BCUT2D eigenvalue weighted by Crippen LogP contribution is -2.48. The van der Waals surface area contributed by atoms with Gasteiger partial charge in [-0.25, -0.2) is 0 Å². The fourth-order valence-electron chi connectivity index (χ4n) is 3.10. The van der Waals surface area contributed by atoms with E-state index in [2.05, 4.69) is 10.6 Å². The molecule has 2 N–H and O–H groups in total. The Hall–Kier alpha value is -1.10. The van der Waals surface area contributed by atoms with Crippen molar-refractivity contribution in [1.82, 2.24) is 15.5 Å². The first-order valence-corrected chi connectivity index (χ1v) is 7.43. The molecule has 0 spiro atoms. The van der Waals surface area contributed by atoms with Gasteiger partial charge >= 0.3 is 0 Å². The summed E-state index contributed by atoms with van der Waals surface area (Å²) in [7, 11) is 1.66. The van der Waals surface area contributed by atoms with E-state index in [0.717, 1.165) is 19.4 Å². The van der Waals surface area contributed by atoms with E-state index in [9.17, 15) is 9.59 Å². The van der Waals surface area contributed by atoms with E-state index in [0.29, 0.717) is 19.1 Å². The van der Waals surface area contributed by atoms with Gasteiger partial charge < -0.3 is 15.5 Å². The minimum atomic E-state index is -0.0332. The van der Waals surface area contributed by atoms with Gasteiger partial charge in [0.1, 0.15) is 0 Å². The summed E-state index contributed by atoms with van der Waals surface area (Å²) in [6.07, 6.45) is 6.73. The molecule has 1 atom stereocenters. The summed E-state index contributed by atoms with van der Waals surface area (Å²) in [5.41, 5.74) is 0. The Bertz CT molecular complexity index is 327. The van der Waals surface area contributed by atoms with Gasteiger partial charge in [0, 0.05) is 26.2 Å². The third-order valence-electron chi connectivity index (χ3n) is 4.29. The summed E-state index contributed by atoms with van der Waals surface area (Å²) in [5.74, 6) is 0.163. The van der Waals surface area contributed by atoms with Gasteiger partial charge in [0.2, 0.25) is 11.8 Å². The van der Waals surface area contributed by atoms with Crippen molar-refractivity contribution in [2.24, 2.45) is 5.92 Å². The molecular formula is C14H25N3O2. The number of hydrogen-bond donors (Lipinski definition) is 2. The van der Waals surface area contributed by atoms with Gasteiger partial charge in [0.05, 0.1) is 12.5 Å². The summed E-state index contributed by atoms with van der Waals surface area (Å²) in [6, 6.07) is 0.517. The van der Waals surface area contributed by atoms with Gasteiger partial charge in [-0.3, -0.25) is 9.59 Å². The number of rotatable bonds is 4. The smallest absolute Gasteiger partial charge is 0.236 e. The number of nitrogens with one attached hydrogen (secondary N) is 2. The zero-order chi connectivity index (χ0) is 13.7. The van der Waals surface area contributed by atoms with E-state index in [-0.39, 0.29) is 17.7 Å². The minimum Gasteiger partial charge on any atom is -0.359 e. The molecule has 1 saturated carbocycles. The third kappa shape index (κ3) is 3.93. The van der Waals surface area contributed by atoms with E-state index < -0.39 is 0 Å². The van der Waals surface area contributed by atoms with Gasteiger partial charge in [0.25, 0.3) is 0 Å². The van der Waals surface area contributed by atoms with E-state index >= 15 is 0 Å². The molecule has 1 aliphatic heterocycles. The second-order valence-electron chi connectivity index (χ2n) is 5.66. The van der Waals surface area contributed by atoms with Crippen molar-refractivity contribution in [2.75, 3.05) is 26.7 Å². The highest BCUT2D eigenvalue weighted by molar-refractivity contribution is 5.82. The average Bonchev–Trinajstić information content (AvgIpc) is 2.97. The number of carbonyl (C=O) groups is 2. The Morgan fingerprint density at radius 2 is 1.89 bits per heavy atom. The van der Waals surface area contributed by atoms with Gasteiger partial charge in [-0.15, -0.1) is 0 Å². The molecule has 2 fully saturated rings. The molecule has 1 saturated heterocycles. The molecule has 0 aromatic rings. The average molecular weight is 267 g/mol. The molecule has 1 unspecified atom stereocenters. The van der Waals surface area contributed by atoms with Gasteiger partial charge in [-0.05, 0) is 25.7 Å². The molecule has 0 aromatic carbocycles. The number of hydrogen-bond acceptors (Lipinski definition) is 3. The van der Waals surface area contributed by atoms with Crippen molar-refractivity contribution in [1.29, 1.82) is 0 Å². The lowest BCUT2D eigenvalue weighted by atomic mass is 9.97. The van der Waals surface area contributed by atoms with Crippen LogP contribution in [0.1, 0.15) is 38.5 Å².